The zero-order chi connectivity index (χ0) is 12.0. The number of carboxylic acid groups (broad SMARTS) is 1. The number of hydrogen-bond donors (Lipinski definition) is 3. The van der Waals surface area contributed by atoms with Gasteiger partial charge in [-0.15, -0.1) is 4.83 Å². The zero-order valence-corrected chi connectivity index (χ0v) is 9.20. The van der Waals surface area contributed by atoms with Gasteiger partial charge in [0.1, 0.15) is 0 Å². The smallest absolute Gasteiger partial charge is 0.304 e. The second-order valence-corrected chi connectivity index (χ2v) is 4.67. The lowest BCUT2D eigenvalue weighted by molar-refractivity contribution is -0.136. The second kappa shape index (κ2) is 5.59. The Hall–Kier alpha value is -1.44. The summed E-state index contributed by atoms with van der Waals surface area (Å²) in [5, 5.41) is 8.34. The van der Waals surface area contributed by atoms with Gasteiger partial charge < -0.3 is 5.11 Å². The van der Waals surface area contributed by atoms with Crippen LogP contribution in [0.4, 0.5) is 0 Å². The first-order chi connectivity index (χ1) is 7.52. The maximum atomic E-state index is 11.6. The maximum absolute atomic E-state index is 11.6. The fourth-order valence-electron chi connectivity index (χ4n) is 0.974. The molecular weight excluding hydrogens is 232 g/mol. The summed E-state index contributed by atoms with van der Waals surface area (Å²) in [5.74, 6) is -0.994. The Morgan fingerprint density at radius 3 is 2.44 bits per heavy atom. The van der Waals surface area contributed by atoms with Crippen LogP contribution in [0.1, 0.15) is 6.42 Å². The average molecular weight is 244 g/mol. The molecule has 0 unspecified atom stereocenters. The molecule has 0 aliphatic heterocycles. The summed E-state index contributed by atoms with van der Waals surface area (Å²) in [7, 11) is -3.61. The van der Waals surface area contributed by atoms with E-state index in [1.165, 1.54) is 12.1 Å². The zero-order valence-electron chi connectivity index (χ0n) is 8.38. The summed E-state index contributed by atoms with van der Waals surface area (Å²) in [4.78, 5) is 12.4. The van der Waals surface area contributed by atoms with Gasteiger partial charge in [-0.2, -0.15) is 0 Å². The molecule has 0 amide bonds. The molecule has 0 radical (unpaired) electrons. The van der Waals surface area contributed by atoms with Gasteiger partial charge in [-0.3, -0.25) is 4.79 Å². The van der Waals surface area contributed by atoms with Crippen molar-refractivity contribution >= 4 is 16.0 Å². The molecule has 0 saturated heterocycles. The molecular formula is C9H12N2O4S. The molecule has 0 heterocycles. The highest BCUT2D eigenvalue weighted by atomic mass is 32.2. The number of carboxylic acids is 1. The SMILES string of the molecule is O=C(O)CCNNS(=O)(=O)c1ccccc1. The first-order valence-corrected chi connectivity index (χ1v) is 6.02. The molecule has 0 bridgehead atoms. The minimum Gasteiger partial charge on any atom is -0.481 e. The summed E-state index contributed by atoms with van der Waals surface area (Å²) in [6.45, 7) is 0.0292. The Morgan fingerprint density at radius 2 is 1.88 bits per heavy atom. The monoisotopic (exact) mass is 244 g/mol. The van der Waals surface area contributed by atoms with Gasteiger partial charge in [0.2, 0.25) is 0 Å². The van der Waals surface area contributed by atoms with E-state index in [4.69, 9.17) is 5.11 Å². The summed E-state index contributed by atoms with van der Waals surface area (Å²) in [6, 6.07) is 7.80. The fourth-order valence-corrected chi connectivity index (χ4v) is 1.90. The van der Waals surface area contributed by atoms with Gasteiger partial charge in [-0.05, 0) is 12.1 Å². The highest BCUT2D eigenvalue weighted by Gasteiger charge is 2.11. The standard InChI is InChI=1S/C9H12N2O4S/c12-9(13)6-7-10-11-16(14,15)8-4-2-1-3-5-8/h1-5,10-11H,6-7H2,(H,12,13). The number of aliphatic carboxylic acids is 1. The van der Waals surface area contributed by atoms with E-state index in [2.05, 4.69) is 10.3 Å². The van der Waals surface area contributed by atoms with Crippen LogP contribution in [0.25, 0.3) is 0 Å². The molecule has 7 heteroatoms. The van der Waals surface area contributed by atoms with Crippen molar-refractivity contribution in [2.45, 2.75) is 11.3 Å². The molecule has 1 rings (SSSR count). The van der Waals surface area contributed by atoms with E-state index >= 15 is 0 Å². The molecule has 0 aliphatic carbocycles. The molecule has 6 nitrogen and oxygen atoms in total. The Labute approximate surface area is 93.3 Å². The number of hydrogen-bond acceptors (Lipinski definition) is 4. The predicted octanol–water partition coefficient (Wildman–Crippen LogP) is -0.0558. The topological polar surface area (TPSA) is 95.5 Å². The highest BCUT2D eigenvalue weighted by Crippen LogP contribution is 2.05. The number of nitrogens with one attached hydrogen (secondary N) is 2. The Balaban J connectivity index is 2.51. The van der Waals surface area contributed by atoms with E-state index in [-0.39, 0.29) is 17.9 Å². The van der Waals surface area contributed by atoms with Crippen LogP contribution in [0, 0.1) is 0 Å². The van der Waals surface area contributed by atoms with E-state index in [0.717, 1.165) is 0 Å². The van der Waals surface area contributed by atoms with E-state index in [9.17, 15) is 13.2 Å². The van der Waals surface area contributed by atoms with Crippen molar-refractivity contribution in [1.82, 2.24) is 10.3 Å². The number of sulfonamides is 1. The van der Waals surface area contributed by atoms with Crippen LogP contribution in [0.3, 0.4) is 0 Å². The van der Waals surface area contributed by atoms with E-state index in [1.54, 1.807) is 18.2 Å². The number of hydrazine groups is 1. The first-order valence-electron chi connectivity index (χ1n) is 4.54. The van der Waals surface area contributed by atoms with E-state index < -0.39 is 16.0 Å². The number of benzene rings is 1. The fraction of sp³-hybridized carbons (Fsp3) is 0.222. The van der Waals surface area contributed by atoms with Crippen molar-refractivity contribution < 1.29 is 18.3 Å². The van der Waals surface area contributed by atoms with E-state index in [0.29, 0.717) is 0 Å². The quantitative estimate of drug-likeness (QED) is 0.481. The van der Waals surface area contributed by atoms with Gasteiger partial charge in [0.25, 0.3) is 10.0 Å². The average Bonchev–Trinajstić information content (AvgIpc) is 2.26. The third-order valence-electron chi connectivity index (χ3n) is 1.72. The second-order valence-electron chi connectivity index (χ2n) is 2.99. The van der Waals surface area contributed by atoms with Gasteiger partial charge in [-0.1, -0.05) is 18.2 Å². The first kappa shape index (κ1) is 12.6. The minimum absolute atomic E-state index is 0.0292. The van der Waals surface area contributed by atoms with Crippen molar-refractivity contribution in [3.63, 3.8) is 0 Å². The molecule has 0 fully saturated rings. The van der Waals surface area contributed by atoms with Crippen LogP contribution in [0.15, 0.2) is 35.2 Å². The lowest BCUT2D eigenvalue weighted by atomic mass is 10.4. The molecule has 0 atom stereocenters. The molecule has 0 spiro atoms. The highest BCUT2D eigenvalue weighted by molar-refractivity contribution is 7.89. The van der Waals surface area contributed by atoms with Crippen molar-refractivity contribution in [3.8, 4) is 0 Å². The van der Waals surface area contributed by atoms with Crippen molar-refractivity contribution in [3.05, 3.63) is 30.3 Å². The summed E-state index contributed by atoms with van der Waals surface area (Å²) >= 11 is 0. The minimum atomic E-state index is -3.61. The predicted molar refractivity (Wildman–Crippen MR) is 57.0 cm³/mol. The van der Waals surface area contributed by atoms with Crippen LogP contribution in [-0.2, 0) is 14.8 Å². The third-order valence-corrected chi connectivity index (χ3v) is 3.03. The number of rotatable bonds is 6. The van der Waals surface area contributed by atoms with Crippen molar-refractivity contribution in [2.24, 2.45) is 0 Å². The van der Waals surface area contributed by atoms with Gasteiger partial charge in [0.15, 0.2) is 0 Å². The Morgan fingerprint density at radius 1 is 1.25 bits per heavy atom. The van der Waals surface area contributed by atoms with Gasteiger partial charge in [0.05, 0.1) is 11.3 Å². The molecule has 0 aliphatic rings. The lowest BCUT2D eigenvalue weighted by Crippen LogP contribution is -2.38. The molecule has 3 N–H and O–H groups in total. The molecule has 88 valence electrons. The summed E-state index contributed by atoms with van der Waals surface area (Å²) in [5.41, 5.74) is 2.34. The summed E-state index contributed by atoms with van der Waals surface area (Å²) < 4.78 is 23.1. The lowest BCUT2D eigenvalue weighted by Gasteiger charge is -2.06. The Bertz CT molecular complexity index is 444. The maximum Gasteiger partial charge on any atom is 0.304 e. The summed E-state index contributed by atoms with van der Waals surface area (Å²) in [6.07, 6.45) is -0.155. The van der Waals surface area contributed by atoms with Gasteiger partial charge in [0, 0.05) is 6.54 Å². The van der Waals surface area contributed by atoms with Gasteiger partial charge >= 0.3 is 5.97 Å². The van der Waals surface area contributed by atoms with Crippen LogP contribution < -0.4 is 10.3 Å². The van der Waals surface area contributed by atoms with Crippen LogP contribution >= 0.6 is 0 Å². The van der Waals surface area contributed by atoms with Crippen molar-refractivity contribution in [2.75, 3.05) is 6.54 Å². The number of carbonyl (C=O) groups is 1. The molecule has 1 aromatic rings. The normalized spacial score (nSPS) is 11.2. The molecule has 0 saturated carbocycles. The largest absolute Gasteiger partial charge is 0.481 e. The van der Waals surface area contributed by atoms with Crippen LogP contribution in [0.5, 0.6) is 0 Å². The molecule has 0 aromatic heterocycles. The van der Waals surface area contributed by atoms with E-state index in [1.807, 2.05) is 0 Å². The van der Waals surface area contributed by atoms with Crippen molar-refractivity contribution in [1.29, 1.82) is 0 Å². The molecule has 16 heavy (non-hydrogen) atoms. The molecule has 1 aromatic carbocycles. The van der Waals surface area contributed by atoms with Gasteiger partial charge in [-0.25, -0.2) is 13.8 Å². The van der Waals surface area contributed by atoms with Crippen LogP contribution in [0.2, 0.25) is 0 Å². The Kier molecular flexibility index (Phi) is 4.41. The third kappa shape index (κ3) is 3.97. The van der Waals surface area contributed by atoms with Crippen LogP contribution in [-0.4, -0.2) is 26.0 Å².